The Kier molecular flexibility index (Phi) is 4.08. The number of ketones is 2. The highest BCUT2D eigenvalue weighted by Crippen LogP contribution is 2.27. The number of rotatable bonds is 3. The molecule has 0 bridgehead atoms. The van der Waals surface area contributed by atoms with Gasteiger partial charge in [-0.3, -0.25) is 9.59 Å². The minimum atomic E-state index is -4.07. The first-order valence-electron chi connectivity index (χ1n) is 7.61. The van der Waals surface area contributed by atoms with Crippen molar-refractivity contribution < 1.29 is 18.0 Å². The van der Waals surface area contributed by atoms with Crippen molar-refractivity contribution in [3.8, 4) is 0 Å². The molecule has 3 N–H and O–H groups in total. The number of carbonyl (C=O) groups is 2. The van der Waals surface area contributed by atoms with Crippen LogP contribution in [0.5, 0.6) is 0 Å². The van der Waals surface area contributed by atoms with Gasteiger partial charge in [-0.25, -0.2) is 13.6 Å². The number of allylic oxidation sites excluding steroid dienone is 2. The Labute approximate surface area is 134 Å². The maximum atomic E-state index is 12.6. The van der Waals surface area contributed by atoms with Crippen LogP contribution in [0.25, 0.3) is 0 Å². The maximum absolute atomic E-state index is 12.6. The Morgan fingerprint density at radius 3 is 2.43 bits per heavy atom. The van der Waals surface area contributed by atoms with E-state index in [1.165, 1.54) is 30.7 Å². The first-order valence-corrected chi connectivity index (χ1v) is 9.15. The smallest absolute Gasteiger partial charge is 0.238 e. The van der Waals surface area contributed by atoms with Gasteiger partial charge in [0, 0.05) is 17.7 Å². The van der Waals surface area contributed by atoms with E-state index < -0.39 is 15.8 Å². The van der Waals surface area contributed by atoms with Gasteiger partial charge in [0.15, 0.2) is 5.78 Å². The Morgan fingerprint density at radius 1 is 1.09 bits per heavy atom. The Hall–Kier alpha value is -1.99. The van der Waals surface area contributed by atoms with E-state index in [9.17, 15) is 18.0 Å². The molecular formula is C16H18N2O4S. The summed E-state index contributed by atoms with van der Waals surface area (Å²) in [6.45, 7) is 0. The average Bonchev–Trinajstić information content (AvgIpc) is 2.52. The van der Waals surface area contributed by atoms with Gasteiger partial charge in [0.2, 0.25) is 15.8 Å². The fraction of sp³-hybridized carbons (Fsp3) is 0.375. The zero-order valence-electron chi connectivity index (χ0n) is 12.5. The highest BCUT2D eigenvalue weighted by Gasteiger charge is 2.31. The molecule has 2 aliphatic rings. The summed E-state index contributed by atoms with van der Waals surface area (Å²) in [5.41, 5.74) is 0.192. The van der Waals surface area contributed by atoms with E-state index in [1.807, 2.05) is 0 Å². The van der Waals surface area contributed by atoms with E-state index in [4.69, 9.17) is 5.14 Å². The molecule has 0 atom stereocenters. The lowest BCUT2D eigenvalue weighted by Crippen LogP contribution is -2.36. The molecule has 0 aliphatic heterocycles. The van der Waals surface area contributed by atoms with Crippen molar-refractivity contribution in [1.82, 2.24) is 5.32 Å². The number of nitrogens with two attached hydrogens (primary N) is 1. The molecule has 2 aliphatic carbocycles. The number of sulfonamides is 1. The van der Waals surface area contributed by atoms with Gasteiger partial charge in [-0.05, 0) is 18.9 Å². The van der Waals surface area contributed by atoms with Crippen molar-refractivity contribution >= 4 is 21.6 Å². The molecule has 0 aromatic heterocycles. The number of benzene rings is 1. The molecular weight excluding hydrogens is 316 g/mol. The highest BCUT2D eigenvalue weighted by atomic mass is 32.2. The Balaban J connectivity index is 1.97. The predicted molar refractivity (Wildman–Crippen MR) is 84.6 cm³/mol. The minimum absolute atomic E-state index is 0.0855. The standard InChI is InChI=1S/C16H18N2O4S/c17-23(21,22)14-8-4-7-11-15(14)13(19)9-12(16(11)20)18-10-5-2-1-3-6-10/h4,7-10,18H,1-3,5-6H2,(H2,17,21,22). The van der Waals surface area contributed by atoms with Gasteiger partial charge in [0.05, 0.1) is 16.2 Å². The number of Topliss-reactive ketones (excluding diaryl/α,β-unsaturated/α-hetero) is 1. The molecule has 1 fully saturated rings. The topological polar surface area (TPSA) is 106 Å². The van der Waals surface area contributed by atoms with Crippen molar-refractivity contribution in [1.29, 1.82) is 0 Å². The number of nitrogens with one attached hydrogen (secondary N) is 1. The summed E-state index contributed by atoms with van der Waals surface area (Å²) in [5.74, 6) is -0.877. The van der Waals surface area contributed by atoms with Gasteiger partial charge in [-0.15, -0.1) is 0 Å². The summed E-state index contributed by atoms with van der Waals surface area (Å²) in [6.07, 6.45) is 6.49. The number of primary sulfonamides is 1. The SMILES string of the molecule is NS(=O)(=O)c1cccc2c1C(=O)C=C(NC1CCCCC1)C2=O. The summed E-state index contributed by atoms with van der Waals surface area (Å²) in [5, 5.41) is 8.29. The Morgan fingerprint density at radius 2 is 1.78 bits per heavy atom. The number of fused-ring (bicyclic) bond motifs is 1. The molecule has 0 amide bonds. The van der Waals surface area contributed by atoms with Gasteiger partial charge in [0.25, 0.3) is 0 Å². The minimum Gasteiger partial charge on any atom is -0.379 e. The molecule has 1 saturated carbocycles. The van der Waals surface area contributed by atoms with Crippen molar-refractivity contribution in [2.75, 3.05) is 0 Å². The molecule has 0 saturated heterocycles. The second-order valence-corrected chi connectivity index (χ2v) is 7.48. The van der Waals surface area contributed by atoms with Gasteiger partial charge in [-0.1, -0.05) is 31.4 Å². The molecule has 3 rings (SSSR count). The predicted octanol–water partition coefficient (Wildman–Crippen LogP) is 1.52. The van der Waals surface area contributed by atoms with E-state index in [-0.39, 0.29) is 33.5 Å². The molecule has 6 nitrogen and oxygen atoms in total. The summed E-state index contributed by atoms with van der Waals surface area (Å²) >= 11 is 0. The Bertz CT molecular complexity index is 805. The number of hydrogen-bond donors (Lipinski definition) is 2. The van der Waals surface area contributed by atoms with Gasteiger partial charge < -0.3 is 5.32 Å². The molecule has 0 radical (unpaired) electrons. The van der Waals surface area contributed by atoms with E-state index in [1.54, 1.807) is 0 Å². The lowest BCUT2D eigenvalue weighted by molar-refractivity contribution is 0.0973. The molecule has 0 unspecified atom stereocenters. The van der Waals surface area contributed by atoms with E-state index in [0.29, 0.717) is 0 Å². The van der Waals surface area contributed by atoms with E-state index in [2.05, 4.69) is 5.32 Å². The van der Waals surface area contributed by atoms with Crippen LogP contribution >= 0.6 is 0 Å². The van der Waals surface area contributed by atoms with E-state index in [0.717, 1.165) is 25.7 Å². The number of hydrogen-bond acceptors (Lipinski definition) is 5. The zero-order valence-corrected chi connectivity index (χ0v) is 13.4. The molecule has 1 aromatic carbocycles. The third-order valence-corrected chi connectivity index (χ3v) is 5.26. The highest BCUT2D eigenvalue weighted by molar-refractivity contribution is 7.89. The van der Waals surface area contributed by atoms with Gasteiger partial charge in [0.1, 0.15) is 0 Å². The number of carbonyl (C=O) groups excluding carboxylic acids is 2. The fourth-order valence-electron chi connectivity index (χ4n) is 3.20. The van der Waals surface area contributed by atoms with Crippen LogP contribution in [0.4, 0.5) is 0 Å². The molecule has 0 heterocycles. The quantitative estimate of drug-likeness (QED) is 0.871. The normalized spacial score (nSPS) is 19.3. The second-order valence-electron chi connectivity index (χ2n) is 5.95. The van der Waals surface area contributed by atoms with Crippen LogP contribution in [-0.2, 0) is 10.0 Å². The summed E-state index contributed by atoms with van der Waals surface area (Å²) in [6, 6.07) is 4.30. The van der Waals surface area contributed by atoms with Crippen LogP contribution in [0.3, 0.4) is 0 Å². The van der Waals surface area contributed by atoms with E-state index >= 15 is 0 Å². The molecule has 122 valence electrons. The zero-order chi connectivity index (χ0) is 16.6. The van der Waals surface area contributed by atoms with Crippen LogP contribution in [0, 0.1) is 0 Å². The van der Waals surface area contributed by atoms with Crippen LogP contribution in [-0.4, -0.2) is 26.0 Å². The third kappa shape index (κ3) is 3.07. The summed E-state index contributed by atoms with van der Waals surface area (Å²) in [7, 11) is -4.07. The van der Waals surface area contributed by atoms with Gasteiger partial charge in [-0.2, -0.15) is 0 Å². The lowest BCUT2D eigenvalue weighted by atomic mass is 9.90. The van der Waals surface area contributed by atoms with Crippen molar-refractivity contribution in [3.63, 3.8) is 0 Å². The molecule has 7 heteroatoms. The van der Waals surface area contributed by atoms with Crippen LogP contribution in [0.1, 0.15) is 52.8 Å². The third-order valence-electron chi connectivity index (χ3n) is 4.31. The van der Waals surface area contributed by atoms with Gasteiger partial charge >= 0.3 is 0 Å². The van der Waals surface area contributed by atoms with Crippen molar-refractivity contribution in [3.05, 3.63) is 41.1 Å². The molecule has 1 aromatic rings. The maximum Gasteiger partial charge on any atom is 0.238 e. The van der Waals surface area contributed by atoms with Crippen molar-refractivity contribution in [2.45, 2.75) is 43.0 Å². The van der Waals surface area contributed by atoms with Crippen LogP contribution in [0.2, 0.25) is 0 Å². The first-order chi connectivity index (χ1) is 10.9. The summed E-state index contributed by atoms with van der Waals surface area (Å²) < 4.78 is 23.3. The largest absolute Gasteiger partial charge is 0.379 e. The second kappa shape index (κ2) is 5.90. The lowest BCUT2D eigenvalue weighted by Gasteiger charge is -2.26. The summed E-state index contributed by atoms with van der Waals surface area (Å²) in [4.78, 5) is 24.7. The average molecular weight is 334 g/mol. The van der Waals surface area contributed by atoms with Crippen LogP contribution < -0.4 is 10.5 Å². The van der Waals surface area contributed by atoms with Crippen molar-refractivity contribution in [2.24, 2.45) is 5.14 Å². The fourth-order valence-corrected chi connectivity index (χ4v) is 3.96. The monoisotopic (exact) mass is 334 g/mol. The van der Waals surface area contributed by atoms with Crippen LogP contribution in [0.15, 0.2) is 34.9 Å². The molecule has 0 spiro atoms. The first kappa shape index (κ1) is 15.9. The molecule has 23 heavy (non-hydrogen) atoms.